The summed E-state index contributed by atoms with van der Waals surface area (Å²) in [5.74, 6) is 5.73. The lowest BCUT2D eigenvalue weighted by atomic mass is 9.90. The Bertz CT molecular complexity index is 723. The zero-order valence-electron chi connectivity index (χ0n) is 15.6. The highest BCUT2D eigenvalue weighted by Gasteiger charge is 2.24. The fourth-order valence-electron chi connectivity index (χ4n) is 3.03. The number of carbonyl (C=O) groups is 2. The van der Waals surface area contributed by atoms with Gasteiger partial charge in [0.15, 0.2) is 0 Å². The van der Waals surface area contributed by atoms with Crippen molar-refractivity contribution in [1.29, 1.82) is 0 Å². The highest BCUT2D eigenvalue weighted by Crippen LogP contribution is 2.22. The number of amides is 2. The number of carbonyl (C=O) groups excluding carboxylic acids is 2. The molecule has 2 rings (SSSR count). The predicted molar refractivity (Wildman–Crippen MR) is 105 cm³/mol. The van der Waals surface area contributed by atoms with Crippen LogP contribution in [0.3, 0.4) is 0 Å². The quantitative estimate of drug-likeness (QED) is 0.363. The molecule has 0 radical (unpaired) electrons. The van der Waals surface area contributed by atoms with Crippen LogP contribution in [0.25, 0.3) is 6.08 Å². The molecule has 6 nitrogen and oxygen atoms in total. The summed E-state index contributed by atoms with van der Waals surface area (Å²) in [6, 6.07) is 5.28. The van der Waals surface area contributed by atoms with E-state index in [2.05, 4.69) is 17.2 Å². The van der Waals surface area contributed by atoms with Gasteiger partial charge in [-0.05, 0) is 49.6 Å². The second-order valence-corrected chi connectivity index (χ2v) is 6.87. The third kappa shape index (κ3) is 6.55. The summed E-state index contributed by atoms with van der Waals surface area (Å²) >= 11 is 0. The van der Waals surface area contributed by atoms with E-state index in [1.807, 2.05) is 12.2 Å². The molecule has 0 bridgehead atoms. The molecule has 1 fully saturated rings. The summed E-state index contributed by atoms with van der Waals surface area (Å²) in [4.78, 5) is 23.8. The van der Waals surface area contributed by atoms with Crippen molar-refractivity contribution < 1.29 is 14.8 Å². The molecule has 144 valence electrons. The molecule has 0 aliphatic heterocycles. The summed E-state index contributed by atoms with van der Waals surface area (Å²) in [5.41, 5.74) is 8.52. The normalized spacial score (nSPS) is 16.9. The van der Waals surface area contributed by atoms with E-state index >= 15 is 0 Å². The third-order valence-corrected chi connectivity index (χ3v) is 4.63. The van der Waals surface area contributed by atoms with Gasteiger partial charge in [0.1, 0.15) is 6.04 Å². The Morgan fingerprint density at radius 2 is 1.89 bits per heavy atom. The van der Waals surface area contributed by atoms with Crippen LogP contribution in [0.15, 0.2) is 30.3 Å². The first kappa shape index (κ1) is 20.7. The SMILES string of the molecule is C[C@@H](N)[C@H](NC(=O)c1ccc(C=CC#CC2CCCCC2)cc1)C(=O)NO. The predicted octanol–water partition coefficient (Wildman–Crippen LogP) is 2.23. The van der Waals surface area contributed by atoms with Crippen LogP contribution in [0.1, 0.15) is 54.9 Å². The van der Waals surface area contributed by atoms with Crippen molar-refractivity contribution in [2.24, 2.45) is 11.7 Å². The van der Waals surface area contributed by atoms with E-state index in [1.54, 1.807) is 31.2 Å². The number of benzene rings is 1. The van der Waals surface area contributed by atoms with Crippen molar-refractivity contribution in [2.45, 2.75) is 51.1 Å². The van der Waals surface area contributed by atoms with Gasteiger partial charge in [0.25, 0.3) is 11.8 Å². The molecule has 1 saturated carbocycles. The Morgan fingerprint density at radius 3 is 2.48 bits per heavy atom. The Balaban J connectivity index is 1.93. The molecule has 5 N–H and O–H groups in total. The van der Waals surface area contributed by atoms with E-state index in [4.69, 9.17) is 10.9 Å². The minimum Gasteiger partial charge on any atom is -0.339 e. The van der Waals surface area contributed by atoms with Crippen LogP contribution in [0.5, 0.6) is 0 Å². The van der Waals surface area contributed by atoms with Gasteiger partial charge in [-0.15, -0.1) is 0 Å². The second kappa shape index (κ2) is 10.5. The van der Waals surface area contributed by atoms with Gasteiger partial charge in [-0.2, -0.15) is 0 Å². The Hall–Kier alpha value is -2.62. The van der Waals surface area contributed by atoms with Gasteiger partial charge in [-0.25, -0.2) is 5.48 Å². The standard InChI is InChI=1S/C21H27N3O3/c1-15(22)19(21(26)24-27)23-20(25)18-13-11-17(12-14-18)10-6-5-9-16-7-3-2-4-8-16/h6,10-16,19,27H,2-4,7-8,22H2,1H3,(H,23,25)(H,24,26)/t15-,19+/m1/s1. The van der Waals surface area contributed by atoms with Crippen LogP contribution in [0.4, 0.5) is 0 Å². The maximum absolute atomic E-state index is 12.3. The number of rotatable bonds is 5. The number of hydrogen-bond acceptors (Lipinski definition) is 4. The van der Waals surface area contributed by atoms with Gasteiger partial charge in [0.05, 0.1) is 0 Å². The third-order valence-electron chi connectivity index (χ3n) is 4.63. The lowest BCUT2D eigenvalue weighted by Crippen LogP contribution is -2.54. The maximum atomic E-state index is 12.3. The van der Waals surface area contributed by atoms with Gasteiger partial charge >= 0.3 is 0 Å². The first-order chi connectivity index (χ1) is 13.0. The average Bonchev–Trinajstić information content (AvgIpc) is 2.69. The lowest BCUT2D eigenvalue weighted by Gasteiger charge is -2.20. The van der Waals surface area contributed by atoms with Crippen LogP contribution >= 0.6 is 0 Å². The number of allylic oxidation sites excluding steroid dienone is 1. The molecular formula is C21H27N3O3. The lowest BCUT2D eigenvalue weighted by molar-refractivity contribution is -0.131. The van der Waals surface area contributed by atoms with Crippen molar-refractivity contribution >= 4 is 17.9 Å². The Labute approximate surface area is 160 Å². The summed E-state index contributed by atoms with van der Waals surface area (Å²) in [5, 5.41) is 11.3. The van der Waals surface area contributed by atoms with Crippen molar-refractivity contribution in [3.05, 3.63) is 41.5 Å². The molecule has 6 heteroatoms. The van der Waals surface area contributed by atoms with Gasteiger partial charge in [-0.3, -0.25) is 14.8 Å². The Kier molecular flexibility index (Phi) is 8.05. The first-order valence-electron chi connectivity index (χ1n) is 9.29. The molecule has 1 aliphatic carbocycles. The van der Waals surface area contributed by atoms with Gasteiger partial charge in [0, 0.05) is 17.5 Å². The van der Waals surface area contributed by atoms with Crippen molar-refractivity contribution in [3.8, 4) is 11.8 Å². The maximum Gasteiger partial charge on any atom is 0.267 e. The average molecular weight is 369 g/mol. The van der Waals surface area contributed by atoms with Crippen LogP contribution in [-0.2, 0) is 4.79 Å². The molecule has 1 aromatic rings. The molecule has 27 heavy (non-hydrogen) atoms. The highest BCUT2D eigenvalue weighted by atomic mass is 16.5. The Morgan fingerprint density at radius 1 is 1.22 bits per heavy atom. The second-order valence-electron chi connectivity index (χ2n) is 6.87. The van der Waals surface area contributed by atoms with Crippen molar-refractivity contribution in [2.75, 3.05) is 0 Å². The fraction of sp³-hybridized carbons (Fsp3) is 0.429. The van der Waals surface area contributed by atoms with Crippen molar-refractivity contribution in [1.82, 2.24) is 10.8 Å². The molecule has 1 aromatic carbocycles. The van der Waals surface area contributed by atoms with E-state index in [0.717, 1.165) is 5.56 Å². The molecule has 0 unspecified atom stereocenters. The fourth-order valence-corrected chi connectivity index (χ4v) is 3.03. The number of nitrogens with one attached hydrogen (secondary N) is 2. The number of nitrogens with two attached hydrogens (primary N) is 1. The minimum atomic E-state index is -1.02. The monoisotopic (exact) mass is 369 g/mol. The first-order valence-corrected chi connectivity index (χ1v) is 9.29. The van der Waals surface area contributed by atoms with Gasteiger partial charge < -0.3 is 11.1 Å². The summed E-state index contributed by atoms with van der Waals surface area (Å²) in [6.45, 7) is 1.57. The molecule has 0 saturated heterocycles. The minimum absolute atomic E-state index is 0.400. The molecule has 0 heterocycles. The summed E-state index contributed by atoms with van der Waals surface area (Å²) in [7, 11) is 0. The molecular weight excluding hydrogens is 342 g/mol. The largest absolute Gasteiger partial charge is 0.339 e. The zero-order valence-corrected chi connectivity index (χ0v) is 15.6. The van der Waals surface area contributed by atoms with Crippen molar-refractivity contribution in [3.63, 3.8) is 0 Å². The highest BCUT2D eigenvalue weighted by molar-refractivity contribution is 5.97. The number of hydroxylamine groups is 1. The van der Waals surface area contributed by atoms with E-state index in [9.17, 15) is 9.59 Å². The van der Waals surface area contributed by atoms with E-state index in [1.165, 1.54) is 37.6 Å². The van der Waals surface area contributed by atoms with E-state index in [-0.39, 0.29) is 0 Å². The molecule has 2 amide bonds. The number of hydrogen-bond donors (Lipinski definition) is 4. The van der Waals surface area contributed by atoms with Gasteiger partial charge in [-0.1, -0.05) is 43.2 Å². The van der Waals surface area contributed by atoms with Crippen LogP contribution < -0.4 is 16.5 Å². The smallest absolute Gasteiger partial charge is 0.267 e. The summed E-state index contributed by atoms with van der Waals surface area (Å²) < 4.78 is 0. The summed E-state index contributed by atoms with van der Waals surface area (Å²) in [6.07, 6.45) is 10.0. The molecule has 0 spiro atoms. The van der Waals surface area contributed by atoms with E-state index < -0.39 is 23.9 Å². The van der Waals surface area contributed by atoms with Gasteiger partial charge in [0.2, 0.25) is 0 Å². The van der Waals surface area contributed by atoms with Crippen LogP contribution in [0, 0.1) is 17.8 Å². The van der Waals surface area contributed by atoms with Crippen LogP contribution in [0.2, 0.25) is 0 Å². The van der Waals surface area contributed by atoms with Crippen LogP contribution in [-0.4, -0.2) is 29.1 Å². The topological polar surface area (TPSA) is 104 Å². The molecule has 2 atom stereocenters. The molecule has 0 aromatic heterocycles. The molecule has 1 aliphatic rings. The zero-order chi connectivity index (χ0) is 19.6. The van der Waals surface area contributed by atoms with E-state index in [0.29, 0.717) is 11.5 Å².